The van der Waals surface area contributed by atoms with Crippen LogP contribution in [0.5, 0.6) is 0 Å². The highest BCUT2D eigenvalue weighted by Gasteiger charge is 2.04. The maximum Gasteiger partial charge on any atom is 0.251 e. The Morgan fingerprint density at radius 2 is 2.12 bits per heavy atom. The van der Waals surface area contributed by atoms with Gasteiger partial charge in [-0.15, -0.1) is 0 Å². The summed E-state index contributed by atoms with van der Waals surface area (Å²) in [4.78, 5) is 12.2. The summed E-state index contributed by atoms with van der Waals surface area (Å²) >= 11 is 0. The van der Waals surface area contributed by atoms with E-state index in [-0.39, 0.29) is 6.04 Å². The lowest BCUT2D eigenvalue weighted by atomic mass is 10.1. The van der Waals surface area contributed by atoms with Gasteiger partial charge in [0.1, 0.15) is 12.7 Å². The second-order valence-electron chi connectivity index (χ2n) is 3.60. The van der Waals surface area contributed by atoms with E-state index in [2.05, 4.69) is 27.0 Å². The minimum Gasteiger partial charge on any atom is -0.327 e. The molecule has 0 fully saturated rings. The Morgan fingerprint density at radius 3 is 2.69 bits per heavy atom. The maximum atomic E-state index is 5.85. The fraction of sp³-hybridized carbons (Fsp3) is 0.400. The molecular formula is C10H14N6. The molecule has 0 bridgehead atoms. The van der Waals surface area contributed by atoms with Gasteiger partial charge in [-0.3, -0.25) is 0 Å². The van der Waals surface area contributed by atoms with Gasteiger partial charge in [-0.05, 0) is 18.4 Å². The highest BCUT2D eigenvalue weighted by atomic mass is 15.4. The third-order valence-electron chi connectivity index (χ3n) is 2.34. The Labute approximate surface area is 93.6 Å². The molecule has 2 rings (SSSR count). The van der Waals surface area contributed by atoms with Gasteiger partial charge in [0, 0.05) is 18.4 Å². The molecule has 84 valence electrons. The van der Waals surface area contributed by atoms with Gasteiger partial charge in [-0.2, -0.15) is 9.78 Å². The van der Waals surface area contributed by atoms with Crippen LogP contribution >= 0.6 is 0 Å². The summed E-state index contributed by atoms with van der Waals surface area (Å²) in [6.45, 7) is 2.06. The van der Waals surface area contributed by atoms with E-state index in [9.17, 15) is 0 Å². The summed E-state index contributed by atoms with van der Waals surface area (Å²) in [7, 11) is 0. The molecule has 0 spiro atoms. The summed E-state index contributed by atoms with van der Waals surface area (Å²) < 4.78 is 1.52. The zero-order valence-electron chi connectivity index (χ0n) is 9.11. The van der Waals surface area contributed by atoms with Crippen molar-refractivity contribution in [1.82, 2.24) is 24.7 Å². The fourth-order valence-corrected chi connectivity index (χ4v) is 1.33. The van der Waals surface area contributed by atoms with Crippen LogP contribution < -0.4 is 5.73 Å². The molecule has 2 aromatic heterocycles. The van der Waals surface area contributed by atoms with Crippen LogP contribution in [0.3, 0.4) is 0 Å². The summed E-state index contributed by atoms with van der Waals surface area (Å²) in [5.74, 6) is 0.520. The minimum absolute atomic E-state index is 0.167. The van der Waals surface area contributed by atoms with Crippen LogP contribution in [0.1, 0.15) is 18.9 Å². The molecule has 0 aliphatic carbocycles. The van der Waals surface area contributed by atoms with Crippen molar-refractivity contribution in [2.24, 2.45) is 5.73 Å². The third kappa shape index (κ3) is 2.40. The molecule has 2 N–H and O–H groups in total. The van der Waals surface area contributed by atoms with Crippen LogP contribution in [0.25, 0.3) is 5.95 Å². The van der Waals surface area contributed by atoms with Gasteiger partial charge in [0.25, 0.3) is 5.95 Å². The molecular weight excluding hydrogens is 204 g/mol. The first-order chi connectivity index (χ1) is 7.79. The second-order valence-corrected chi connectivity index (χ2v) is 3.60. The molecule has 0 aliphatic rings. The van der Waals surface area contributed by atoms with E-state index in [4.69, 9.17) is 5.73 Å². The first-order valence-electron chi connectivity index (χ1n) is 5.21. The van der Waals surface area contributed by atoms with E-state index in [0.717, 1.165) is 18.4 Å². The van der Waals surface area contributed by atoms with Crippen molar-refractivity contribution in [2.75, 3.05) is 0 Å². The molecule has 6 nitrogen and oxygen atoms in total. The number of rotatable bonds is 4. The molecule has 0 saturated heterocycles. The van der Waals surface area contributed by atoms with Crippen molar-refractivity contribution < 1.29 is 0 Å². The summed E-state index contributed by atoms with van der Waals surface area (Å²) in [5.41, 5.74) is 6.89. The van der Waals surface area contributed by atoms with E-state index in [0.29, 0.717) is 5.95 Å². The molecule has 2 heterocycles. The Bertz CT molecular complexity index is 421. The van der Waals surface area contributed by atoms with Crippen molar-refractivity contribution in [3.63, 3.8) is 0 Å². The lowest BCUT2D eigenvalue weighted by Crippen LogP contribution is -2.21. The highest BCUT2D eigenvalue weighted by molar-refractivity contribution is 5.13. The molecule has 2 aromatic rings. The SMILES string of the molecule is CCC(N)Cc1cnc(-n2cncn2)nc1. The van der Waals surface area contributed by atoms with Gasteiger partial charge in [0.15, 0.2) is 0 Å². The average Bonchev–Trinajstić information content (AvgIpc) is 2.83. The van der Waals surface area contributed by atoms with Crippen molar-refractivity contribution in [3.05, 3.63) is 30.6 Å². The summed E-state index contributed by atoms with van der Waals surface area (Å²) in [6, 6.07) is 0.167. The quantitative estimate of drug-likeness (QED) is 0.800. The topological polar surface area (TPSA) is 82.5 Å². The van der Waals surface area contributed by atoms with Gasteiger partial charge in [-0.1, -0.05) is 6.92 Å². The average molecular weight is 218 g/mol. The molecule has 1 atom stereocenters. The zero-order chi connectivity index (χ0) is 11.4. The van der Waals surface area contributed by atoms with E-state index >= 15 is 0 Å². The van der Waals surface area contributed by atoms with Crippen LogP contribution in [0.15, 0.2) is 25.0 Å². The molecule has 0 saturated carbocycles. The largest absolute Gasteiger partial charge is 0.327 e. The predicted octanol–water partition coefficient (Wildman–Crippen LogP) is 0.337. The Hall–Kier alpha value is -1.82. The first-order valence-corrected chi connectivity index (χ1v) is 5.21. The van der Waals surface area contributed by atoms with Crippen molar-refractivity contribution in [1.29, 1.82) is 0 Å². The lowest BCUT2D eigenvalue weighted by Gasteiger charge is -2.07. The van der Waals surface area contributed by atoms with Crippen LogP contribution in [0.2, 0.25) is 0 Å². The van der Waals surface area contributed by atoms with Gasteiger partial charge in [-0.25, -0.2) is 15.0 Å². The highest BCUT2D eigenvalue weighted by Crippen LogP contribution is 2.03. The van der Waals surface area contributed by atoms with E-state index in [1.165, 1.54) is 11.0 Å². The van der Waals surface area contributed by atoms with Gasteiger partial charge >= 0.3 is 0 Å². The van der Waals surface area contributed by atoms with Crippen molar-refractivity contribution in [3.8, 4) is 5.95 Å². The molecule has 16 heavy (non-hydrogen) atoms. The van der Waals surface area contributed by atoms with Crippen molar-refractivity contribution in [2.45, 2.75) is 25.8 Å². The van der Waals surface area contributed by atoms with Crippen LogP contribution in [-0.4, -0.2) is 30.8 Å². The minimum atomic E-state index is 0.167. The lowest BCUT2D eigenvalue weighted by molar-refractivity contribution is 0.642. The monoisotopic (exact) mass is 218 g/mol. The second kappa shape index (κ2) is 4.80. The van der Waals surface area contributed by atoms with Crippen LogP contribution in [0, 0.1) is 0 Å². The Balaban J connectivity index is 2.11. The van der Waals surface area contributed by atoms with Crippen LogP contribution in [-0.2, 0) is 6.42 Å². The van der Waals surface area contributed by atoms with Gasteiger partial charge < -0.3 is 5.73 Å². The Kier molecular flexibility index (Phi) is 3.21. The zero-order valence-corrected chi connectivity index (χ0v) is 9.11. The number of nitrogens with two attached hydrogens (primary N) is 1. The summed E-state index contributed by atoms with van der Waals surface area (Å²) in [6.07, 6.45) is 8.31. The summed E-state index contributed by atoms with van der Waals surface area (Å²) in [5, 5.41) is 3.95. The molecule has 0 radical (unpaired) electrons. The number of hydrogen-bond donors (Lipinski definition) is 1. The van der Waals surface area contributed by atoms with Gasteiger partial charge in [0.2, 0.25) is 0 Å². The number of nitrogens with zero attached hydrogens (tertiary/aromatic N) is 5. The molecule has 6 heteroatoms. The van der Waals surface area contributed by atoms with Crippen LogP contribution in [0.4, 0.5) is 0 Å². The van der Waals surface area contributed by atoms with E-state index in [1.54, 1.807) is 18.7 Å². The molecule has 0 amide bonds. The van der Waals surface area contributed by atoms with Crippen molar-refractivity contribution >= 4 is 0 Å². The smallest absolute Gasteiger partial charge is 0.251 e. The van der Waals surface area contributed by atoms with E-state index in [1.807, 2.05) is 0 Å². The molecule has 1 unspecified atom stereocenters. The third-order valence-corrected chi connectivity index (χ3v) is 2.34. The van der Waals surface area contributed by atoms with E-state index < -0.39 is 0 Å². The number of hydrogen-bond acceptors (Lipinski definition) is 5. The standard InChI is InChI=1S/C10H14N6/c1-2-9(11)3-8-4-13-10(14-5-8)16-7-12-6-15-16/h4-7,9H,2-3,11H2,1H3. The fourth-order valence-electron chi connectivity index (χ4n) is 1.33. The Morgan fingerprint density at radius 1 is 1.38 bits per heavy atom. The van der Waals surface area contributed by atoms with Gasteiger partial charge in [0.05, 0.1) is 0 Å². The number of aromatic nitrogens is 5. The maximum absolute atomic E-state index is 5.85. The molecule has 0 aliphatic heterocycles. The predicted molar refractivity (Wildman–Crippen MR) is 58.9 cm³/mol. The molecule has 0 aromatic carbocycles. The first kappa shape index (κ1) is 10.7. The normalized spacial score (nSPS) is 12.6.